The third kappa shape index (κ3) is 5.20. The number of nitrogens with one attached hydrogen (secondary N) is 1. The molecule has 4 aromatic rings. The van der Waals surface area contributed by atoms with Crippen LogP contribution in [0.5, 0.6) is 11.6 Å². The van der Waals surface area contributed by atoms with Gasteiger partial charge in [0, 0.05) is 40.5 Å². The highest BCUT2D eigenvalue weighted by Gasteiger charge is 2.14. The normalized spacial score (nSPS) is 14.2. The summed E-state index contributed by atoms with van der Waals surface area (Å²) in [7, 11) is 0. The Bertz CT molecular complexity index is 1370. The van der Waals surface area contributed by atoms with Gasteiger partial charge >= 0.3 is 0 Å². The SMILES string of the molecule is Nc1cccc(C(=O)c2ccc3c(C=Nc4ccc(OCCN5CCCC5)cc4)c(O)[nH]c3c2)c1. The highest BCUT2D eigenvalue weighted by Crippen LogP contribution is 2.28. The molecule has 178 valence electrons. The lowest BCUT2D eigenvalue weighted by atomic mass is 10.0. The molecule has 0 bridgehead atoms. The van der Waals surface area contributed by atoms with Crippen LogP contribution in [-0.4, -0.2) is 53.2 Å². The van der Waals surface area contributed by atoms with Crippen molar-refractivity contribution in [2.45, 2.75) is 12.8 Å². The van der Waals surface area contributed by atoms with Crippen molar-refractivity contribution < 1.29 is 14.6 Å². The number of likely N-dealkylation sites (tertiary alicyclic amines) is 1. The third-order valence-corrected chi connectivity index (χ3v) is 6.28. The molecule has 1 aliphatic rings. The van der Waals surface area contributed by atoms with E-state index in [1.807, 2.05) is 30.3 Å². The maximum absolute atomic E-state index is 12.8. The first-order chi connectivity index (χ1) is 17.1. The Labute approximate surface area is 203 Å². The summed E-state index contributed by atoms with van der Waals surface area (Å²) in [5, 5.41) is 11.2. The summed E-state index contributed by atoms with van der Waals surface area (Å²) in [6.45, 7) is 3.95. The first kappa shape index (κ1) is 22.7. The fraction of sp³-hybridized carbons (Fsp3) is 0.214. The molecule has 0 amide bonds. The van der Waals surface area contributed by atoms with Crippen molar-refractivity contribution in [2.24, 2.45) is 4.99 Å². The summed E-state index contributed by atoms with van der Waals surface area (Å²) in [4.78, 5) is 22.7. The fourth-order valence-electron chi connectivity index (χ4n) is 4.39. The molecule has 0 unspecified atom stereocenters. The third-order valence-electron chi connectivity index (χ3n) is 6.28. The van der Waals surface area contributed by atoms with Crippen LogP contribution in [0.1, 0.15) is 34.3 Å². The van der Waals surface area contributed by atoms with E-state index in [2.05, 4.69) is 14.9 Å². The van der Waals surface area contributed by atoms with Gasteiger partial charge in [-0.2, -0.15) is 0 Å². The maximum Gasteiger partial charge on any atom is 0.198 e. The van der Waals surface area contributed by atoms with Crippen molar-refractivity contribution in [3.8, 4) is 11.6 Å². The highest BCUT2D eigenvalue weighted by atomic mass is 16.5. The number of H-pyrrole nitrogens is 1. The van der Waals surface area contributed by atoms with Gasteiger partial charge in [0.25, 0.3) is 0 Å². The monoisotopic (exact) mass is 468 g/mol. The minimum atomic E-state index is -0.133. The van der Waals surface area contributed by atoms with Crippen LogP contribution in [0, 0.1) is 0 Å². The number of hydrogen-bond donors (Lipinski definition) is 3. The van der Waals surface area contributed by atoms with Gasteiger partial charge in [-0.15, -0.1) is 0 Å². The number of fused-ring (bicyclic) bond motifs is 1. The molecule has 2 heterocycles. The lowest BCUT2D eigenvalue weighted by Gasteiger charge is -2.14. The molecular formula is C28H28N4O3. The number of benzene rings is 3. The zero-order valence-corrected chi connectivity index (χ0v) is 19.4. The van der Waals surface area contributed by atoms with Crippen LogP contribution < -0.4 is 10.5 Å². The number of nitrogen functional groups attached to an aromatic ring is 1. The Morgan fingerprint density at radius 1 is 1.06 bits per heavy atom. The second-order valence-corrected chi connectivity index (χ2v) is 8.75. The smallest absolute Gasteiger partial charge is 0.198 e. The van der Waals surface area contributed by atoms with Gasteiger partial charge in [-0.05, 0) is 68.4 Å². The Balaban J connectivity index is 1.27. The molecule has 35 heavy (non-hydrogen) atoms. The van der Waals surface area contributed by atoms with Gasteiger partial charge in [-0.25, -0.2) is 0 Å². The minimum absolute atomic E-state index is 0.000768. The number of anilines is 1. The quantitative estimate of drug-likeness (QED) is 0.194. The lowest BCUT2D eigenvalue weighted by molar-refractivity contribution is 0.103. The number of aromatic amines is 1. The van der Waals surface area contributed by atoms with Crippen LogP contribution in [0.4, 0.5) is 11.4 Å². The van der Waals surface area contributed by atoms with E-state index in [9.17, 15) is 9.90 Å². The van der Waals surface area contributed by atoms with Gasteiger partial charge in [0.1, 0.15) is 12.4 Å². The summed E-state index contributed by atoms with van der Waals surface area (Å²) < 4.78 is 5.85. The number of carbonyl (C=O) groups excluding carboxylic acids is 1. The molecule has 0 saturated carbocycles. The van der Waals surface area contributed by atoms with Gasteiger partial charge < -0.3 is 20.6 Å². The number of rotatable bonds is 8. The van der Waals surface area contributed by atoms with Gasteiger partial charge in [0.05, 0.1) is 11.3 Å². The van der Waals surface area contributed by atoms with E-state index in [-0.39, 0.29) is 11.7 Å². The van der Waals surface area contributed by atoms with E-state index in [0.29, 0.717) is 34.5 Å². The van der Waals surface area contributed by atoms with Gasteiger partial charge in [0.2, 0.25) is 0 Å². The second-order valence-electron chi connectivity index (χ2n) is 8.75. The van der Waals surface area contributed by atoms with Gasteiger partial charge in [0.15, 0.2) is 11.7 Å². The van der Waals surface area contributed by atoms with Crippen molar-refractivity contribution in [1.82, 2.24) is 9.88 Å². The number of hydrogen-bond acceptors (Lipinski definition) is 6. The highest BCUT2D eigenvalue weighted by molar-refractivity contribution is 6.12. The molecule has 1 aromatic heterocycles. The van der Waals surface area contributed by atoms with Crippen LogP contribution in [0.3, 0.4) is 0 Å². The number of nitrogens with two attached hydrogens (primary N) is 1. The summed E-state index contributed by atoms with van der Waals surface area (Å²) in [5.74, 6) is 0.681. The van der Waals surface area contributed by atoms with Crippen molar-refractivity contribution in [2.75, 3.05) is 32.0 Å². The molecule has 0 radical (unpaired) electrons. The standard InChI is InChI=1S/C28H28N4O3/c29-21-5-3-4-19(16-21)27(33)20-6-11-24-25(28(34)31-26(24)17-20)18-30-22-7-9-23(10-8-22)35-15-14-32-12-1-2-13-32/h3-11,16-18,31,34H,1-2,12-15,29H2. The number of ether oxygens (including phenoxy) is 1. The Hall–Kier alpha value is -4.10. The maximum atomic E-state index is 12.8. The molecule has 1 aliphatic heterocycles. The lowest BCUT2D eigenvalue weighted by Crippen LogP contribution is -2.25. The Morgan fingerprint density at radius 3 is 2.60 bits per heavy atom. The number of nitrogens with zero attached hydrogens (tertiary/aromatic N) is 2. The van der Waals surface area contributed by atoms with E-state index in [1.165, 1.54) is 12.8 Å². The predicted molar refractivity (Wildman–Crippen MR) is 139 cm³/mol. The van der Waals surface area contributed by atoms with Gasteiger partial charge in [-0.1, -0.05) is 24.3 Å². The Morgan fingerprint density at radius 2 is 1.83 bits per heavy atom. The molecule has 5 rings (SSSR count). The fourth-order valence-corrected chi connectivity index (χ4v) is 4.39. The van der Waals surface area contributed by atoms with E-state index >= 15 is 0 Å². The van der Waals surface area contributed by atoms with E-state index in [0.717, 1.165) is 36.5 Å². The first-order valence-corrected chi connectivity index (χ1v) is 11.8. The molecule has 3 aromatic carbocycles. The van der Waals surface area contributed by atoms with Crippen LogP contribution in [0.15, 0.2) is 71.7 Å². The van der Waals surface area contributed by atoms with E-state index in [1.54, 1.807) is 42.6 Å². The van der Waals surface area contributed by atoms with E-state index < -0.39 is 0 Å². The first-order valence-electron chi connectivity index (χ1n) is 11.8. The summed E-state index contributed by atoms with van der Waals surface area (Å²) in [5.41, 5.74) is 9.34. The second kappa shape index (κ2) is 10.0. The number of carbonyl (C=O) groups is 1. The number of aromatic nitrogens is 1. The number of ketones is 1. The predicted octanol–water partition coefficient (Wildman–Crippen LogP) is 4.91. The molecule has 1 saturated heterocycles. The topological polar surface area (TPSA) is 104 Å². The van der Waals surface area contributed by atoms with Crippen LogP contribution >= 0.6 is 0 Å². The average molecular weight is 469 g/mol. The molecule has 7 heteroatoms. The molecule has 0 spiro atoms. The number of aliphatic imine (C=N–C) groups is 1. The molecule has 1 fully saturated rings. The van der Waals surface area contributed by atoms with Crippen molar-refractivity contribution in [1.29, 1.82) is 0 Å². The molecule has 7 nitrogen and oxygen atoms in total. The summed E-state index contributed by atoms with van der Waals surface area (Å²) in [6.07, 6.45) is 4.18. The minimum Gasteiger partial charge on any atom is -0.494 e. The average Bonchev–Trinajstić information content (AvgIpc) is 3.49. The molecular weight excluding hydrogens is 440 g/mol. The zero-order valence-electron chi connectivity index (χ0n) is 19.4. The van der Waals surface area contributed by atoms with Crippen molar-refractivity contribution >= 4 is 34.3 Å². The van der Waals surface area contributed by atoms with Crippen LogP contribution in [-0.2, 0) is 0 Å². The molecule has 0 aliphatic carbocycles. The van der Waals surface area contributed by atoms with Crippen molar-refractivity contribution in [3.63, 3.8) is 0 Å². The Kier molecular flexibility index (Phi) is 6.50. The van der Waals surface area contributed by atoms with E-state index in [4.69, 9.17) is 10.5 Å². The largest absolute Gasteiger partial charge is 0.494 e. The van der Waals surface area contributed by atoms with Gasteiger partial charge in [-0.3, -0.25) is 14.7 Å². The summed E-state index contributed by atoms with van der Waals surface area (Å²) >= 11 is 0. The van der Waals surface area contributed by atoms with Crippen LogP contribution in [0.2, 0.25) is 0 Å². The number of aromatic hydroxyl groups is 1. The summed E-state index contributed by atoms with van der Waals surface area (Å²) in [6, 6.07) is 19.7. The van der Waals surface area contributed by atoms with Crippen molar-refractivity contribution in [3.05, 3.63) is 83.4 Å². The zero-order chi connectivity index (χ0) is 24.2. The van der Waals surface area contributed by atoms with Crippen LogP contribution in [0.25, 0.3) is 10.9 Å². The molecule has 4 N–H and O–H groups in total. The molecule has 0 atom stereocenters.